The van der Waals surface area contributed by atoms with Crippen LogP contribution in [0.2, 0.25) is 0 Å². The normalized spacial score (nSPS) is 12.4. The lowest BCUT2D eigenvalue weighted by Gasteiger charge is -2.33. The van der Waals surface area contributed by atoms with E-state index < -0.39 is 17.4 Å². The summed E-state index contributed by atoms with van der Waals surface area (Å²) in [6.45, 7) is 6.92. The van der Waals surface area contributed by atoms with E-state index in [4.69, 9.17) is 9.47 Å². The van der Waals surface area contributed by atoms with E-state index in [1.807, 2.05) is 25.1 Å². The second-order valence-corrected chi connectivity index (χ2v) is 8.45. The lowest BCUT2D eigenvalue weighted by atomic mass is 9.80. The van der Waals surface area contributed by atoms with Gasteiger partial charge in [-0.25, -0.2) is 5.10 Å². The van der Waals surface area contributed by atoms with Gasteiger partial charge in [-0.3, -0.25) is 9.59 Å². The minimum atomic E-state index is -0.957. The smallest absolute Gasteiger partial charge is 0.313 e. The molecule has 0 aliphatic heterocycles. The minimum Gasteiger partial charge on any atom is -0.504 e. The third kappa shape index (κ3) is 5.31. The highest BCUT2D eigenvalue weighted by atomic mass is 16.5. The van der Waals surface area contributed by atoms with Gasteiger partial charge in [-0.1, -0.05) is 30.3 Å². The van der Waals surface area contributed by atoms with Crippen molar-refractivity contribution in [2.75, 3.05) is 32.1 Å². The standard InChI is InChI=1S/C25H32N4O5/c1-5-34-19-13-8-12-18(20(19)30)21(25(2,3)24(32)33-4)26-14-9-15-27-22-16-10-6-7-11-17(16)23(31)29-28-22/h6-8,10-13,21,26,30H,5,9,14-15H2,1-4H3,(H,27,28)(H,29,31). The molecular formula is C25H32N4O5. The van der Waals surface area contributed by atoms with E-state index in [9.17, 15) is 14.7 Å². The van der Waals surface area contributed by atoms with Crippen LogP contribution in [-0.4, -0.2) is 48.1 Å². The summed E-state index contributed by atoms with van der Waals surface area (Å²) in [6.07, 6.45) is 0.689. The molecule has 1 unspecified atom stereocenters. The fourth-order valence-electron chi connectivity index (χ4n) is 3.97. The predicted octanol–water partition coefficient (Wildman–Crippen LogP) is 3.36. The Labute approximate surface area is 198 Å². The van der Waals surface area contributed by atoms with Crippen molar-refractivity contribution in [2.24, 2.45) is 5.41 Å². The molecule has 0 aliphatic rings. The third-order valence-corrected chi connectivity index (χ3v) is 5.76. The molecule has 0 radical (unpaired) electrons. The highest BCUT2D eigenvalue weighted by molar-refractivity contribution is 5.90. The van der Waals surface area contributed by atoms with Gasteiger partial charge in [0.25, 0.3) is 5.56 Å². The second kappa shape index (κ2) is 11.0. The van der Waals surface area contributed by atoms with Gasteiger partial charge in [-0.2, -0.15) is 5.10 Å². The van der Waals surface area contributed by atoms with Crippen molar-refractivity contribution in [3.8, 4) is 11.5 Å². The van der Waals surface area contributed by atoms with E-state index >= 15 is 0 Å². The molecule has 1 heterocycles. The van der Waals surface area contributed by atoms with Crippen LogP contribution in [0.1, 0.15) is 38.8 Å². The van der Waals surface area contributed by atoms with E-state index in [1.165, 1.54) is 7.11 Å². The number of para-hydroxylation sites is 1. The number of aromatic hydroxyl groups is 1. The second-order valence-electron chi connectivity index (χ2n) is 8.45. The molecule has 9 nitrogen and oxygen atoms in total. The number of nitrogens with one attached hydrogen (secondary N) is 3. The number of phenols is 1. The van der Waals surface area contributed by atoms with Crippen molar-refractivity contribution >= 4 is 22.6 Å². The highest BCUT2D eigenvalue weighted by Gasteiger charge is 2.40. The van der Waals surface area contributed by atoms with Gasteiger partial charge >= 0.3 is 5.97 Å². The van der Waals surface area contributed by atoms with Gasteiger partial charge in [0, 0.05) is 17.5 Å². The van der Waals surface area contributed by atoms with E-state index in [1.54, 1.807) is 38.1 Å². The zero-order valence-electron chi connectivity index (χ0n) is 20.0. The molecule has 3 rings (SSSR count). The largest absolute Gasteiger partial charge is 0.504 e. The molecule has 4 N–H and O–H groups in total. The number of ether oxygens (including phenoxy) is 2. The number of aromatic nitrogens is 2. The minimum absolute atomic E-state index is 0.000799. The number of phenolic OH excluding ortho intramolecular Hbond substituents is 1. The Morgan fingerprint density at radius 3 is 2.59 bits per heavy atom. The lowest BCUT2D eigenvalue weighted by molar-refractivity contribution is -0.152. The lowest BCUT2D eigenvalue weighted by Crippen LogP contribution is -2.41. The number of benzene rings is 2. The first kappa shape index (κ1) is 25.0. The van der Waals surface area contributed by atoms with E-state index in [0.29, 0.717) is 48.6 Å². The molecule has 1 atom stereocenters. The molecule has 0 aliphatic carbocycles. The molecule has 182 valence electrons. The number of rotatable bonds is 11. The molecule has 0 saturated heterocycles. The van der Waals surface area contributed by atoms with Crippen molar-refractivity contribution in [2.45, 2.75) is 33.2 Å². The number of anilines is 1. The molecule has 0 amide bonds. The number of carbonyl (C=O) groups is 1. The number of carbonyl (C=O) groups excluding carboxylic acids is 1. The number of hydrogen-bond donors (Lipinski definition) is 4. The van der Waals surface area contributed by atoms with Crippen LogP contribution in [0.5, 0.6) is 11.5 Å². The van der Waals surface area contributed by atoms with Gasteiger partial charge in [0.15, 0.2) is 17.3 Å². The maximum atomic E-state index is 12.6. The molecule has 9 heteroatoms. The van der Waals surface area contributed by atoms with Gasteiger partial charge < -0.3 is 25.2 Å². The first-order valence-electron chi connectivity index (χ1n) is 11.3. The van der Waals surface area contributed by atoms with Crippen molar-refractivity contribution in [1.82, 2.24) is 15.5 Å². The summed E-state index contributed by atoms with van der Waals surface area (Å²) in [5.74, 6) is 0.572. The molecule has 34 heavy (non-hydrogen) atoms. The Morgan fingerprint density at radius 2 is 1.88 bits per heavy atom. The molecule has 0 fully saturated rings. The summed E-state index contributed by atoms with van der Waals surface area (Å²) in [5.41, 5.74) is -0.631. The highest BCUT2D eigenvalue weighted by Crippen LogP contribution is 2.42. The van der Waals surface area contributed by atoms with Gasteiger partial charge in [-0.05, 0) is 45.9 Å². The van der Waals surface area contributed by atoms with Crippen LogP contribution < -0.4 is 20.9 Å². The van der Waals surface area contributed by atoms with Gasteiger partial charge in [0.1, 0.15) is 0 Å². The monoisotopic (exact) mass is 468 g/mol. The number of aromatic amines is 1. The number of nitrogens with zero attached hydrogens (tertiary/aromatic N) is 1. The fraction of sp³-hybridized carbons (Fsp3) is 0.400. The Balaban J connectivity index is 1.72. The first-order chi connectivity index (χ1) is 16.3. The van der Waals surface area contributed by atoms with Crippen LogP contribution in [0.4, 0.5) is 5.82 Å². The van der Waals surface area contributed by atoms with Crippen LogP contribution in [0.25, 0.3) is 10.8 Å². The molecule has 0 bridgehead atoms. The summed E-state index contributed by atoms with van der Waals surface area (Å²) in [6, 6.07) is 12.0. The van der Waals surface area contributed by atoms with Crippen LogP contribution in [0.15, 0.2) is 47.3 Å². The summed E-state index contributed by atoms with van der Waals surface area (Å²) in [7, 11) is 1.35. The number of hydrogen-bond acceptors (Lipinski definition) is 8. The maximum Gasteiger partial charge on any atom is 0.313 e. The molecule has 2 aromatic carbocycles. The summed E-state index contributed by atoms with van der Waals surface area (Å²) < 4.78 is 10.6. The first-order valence-corrected chi connectivity index (χ1v) is 11.3. The van der Waals surface area contributed by atoms with Crippen molar-refractivity contribution < 1.29 is 19.4 Å². The van der Waals surface area contributed by atoms with Crippen molar-refractivity contribution in [1.29, 1.82) is 0 Å². The number of esters is 1. The Kier molecular flexibility index (Phi) is 8.12. The van der Waals surface area contributed by atoms with Crippen LogP contribution in [0, 0.1) is 5.41 Å². The quantitative estimate of drug-likeness (QED) is 0.249. The van der Waals surface area contributed by atoms with Crippen molar-refractivity contribution in [3.05, 3.63) is 58.4 Å². The topological polar surface area (TPSA) is 126 Å². The fourth-order valence-corrected chi connectivity index (χ4v) is 3.97. The predicted molar refractivity (Wildman–Crippen MR) is 131 cm³/mol. The Hall–Kier alpha value is -3.59. The molecule has 0 spiro atoms. The summed E-state index contributed by atoms with van der Waals surface area (Å²) >= 11 is 0. The molecule has 3 aromatic rings. The average Bonchev–Trinajstić information content (AvgIpc) is 2.84. The van der Waals surface area contributed by atoms with Crippen LogP contribution >= 0.6 is 0 Å². The van der Waals surface area contributed by atoms with Crippen LogP contribution in [0.3, 0.4) is 0 Å². The zero-order chi connectivity index (χ0) is 24.7. The Bertz CT molecular complexity index is 1190. The SMILES string of the molecule is CCOc1cccc(C(NCCCNc2n[nH]c(=O)c3ccccc23)C(C)(C)C(=O)OC)c1O. The molecule has 1 aromatic heterocycles. The summed E-state index contributed by atoms with van der Waals surface area (Å²) in [5, 5.41) is 25.4. The maximum absolute atomic E-state index is 12.6. The van der Waals surface area contributed by atoms with Crippen molar-refractivity contribution in [3.63, 3.8) is 0 Å². The van der Waals surface area contributed by atoms with Gasteiger partial charge in [0.2, 0.25) is 0 Å². The number of H-pyrrole nitrogens is 1. The van der Waals surface area contributed by atoms with E-state index in [0.717, 1.165) is 5.39 Å². The number of methoxy groups -OCH3 is 1. The Morgan fingerprint density at radius 1 is 1.15 bits per heavy atom. The third-order valence-electron chi connectivity index (χ3n) is 5.76. The average molecular weight is 469 g/mol. The molecule has 0 saturated carbocycles. The van der Waals surface area contributed by atoms with Gasteiger partial charge in [-0.15, -0.1) is 0 Å². The summed E-state index contributed by atoms with van der Waals surface area (Å²) in [4.78, 5) is 24.5. The van der Waals surface area contributed by atoms with E-state index in [-0.39, 0.29) is 11.3 Å². The van der Waals surface area contributed by atoms with Crippen LogP contribution in [-0.2, 0) is 9.53 Å². The van der Waals surface area contributed by atoms with E-state index in [2.05, 4.69) is 20.8 Å². The van der Waals surface area contributed by atoms with Gasteiger partial charge in [0.05, 0.1) is 30.6 Å². The number of fused-ring (bicyclic) bond motifs is 1. The molecular weight excluding hydrogens is 436 g/mol. The zero-order valence-corrected chi connectivity index (χ0v) is 20.0.